The van der Waals surface area contributed by atoms with Crippen LogP contribution in [0.4, 0.5) is 18.9 Å². The number of carbonyl (C=O) groups excluding carboxylic acids is 4. The lowest BCUT2D eigenvalue weighted by Gasteiger charge is -2.63. The number of likely N-dealkylation sites (tertiary alicyclic amines) is 1. The second-order valence-electron chi connectivity index (χ2n) is 21.2. The van der Waals surface area contributed by atoms with Gasteiger partial charge < -0.3 is 35.2 Å². The smallest absolute Gasteiger partial charge is 0.417 e. The lowest BCUT2D eigenvalue weighted by molar-refractivity contribution is -0.164. The van der Waals surface area contributed by atoms with E-state index in [1.54, 1.807) is 23.1 Å². The van der Waals surface area contributed by atoms with Gasteiger partial charge in [0.2, 0.25) is 11.8 Å². The molecule has 72 heavy (non-hydrogen) atoms. The van der Waals surface area contributed by atoms with Crippen LogP contribution in [0.1, 0.15) is 103 Å². The van der Waals surface area contributed by atoms with Gasteiger partial charge in [-0.3, -0.25) is 24.1 Å². The molecule has 0 bridgehead atoms. The highest BCUT2D eigenvalue weighted by Crippen LogP contribution is 2.56. The van der Waals surface area contributed by atoms with E-state index < -0.39 is 52.4 Å². The fraction of sp³-hybridized carbons (Fsp3) is 0.473. The van der Waals surface area contributed by atoms with Crippen molar-refractivity contribution in [1.29, 1.82) is 5.26 Å². The normalized spacial score (nSPS) is 22.0. The van der Waals surface area contributed by atoms with Gasteiger partial charge in [0, 0.05) is 90.9 Å². The summed E-state index contributed by atoms with van der Waals surface area (Å²) in [5, 5.41) is 26.5. The number of nitrogens with zero attached hydrogens (tertiary/aromatic N) is 5. The van der Waals surface area contributed by atoms with Crippen LogP contribution in [0.3, 0.4) is 0 Å². The number of rotatable bonds is 15. The molecule has 3 heterocycles. The van der Waals surface area contributed by atoms with Gasteiger partial charge in [-0.05, 0) is 96.6 Å². The van der Waals surface area contributed by atoms with Crippen LogP contribution < -0.4 is 20.3 Å². The first-order chi connectivity index (χ1) is 34.1. The monoisotopic (exact) mass is 1010 g/mol. The molecule has 0 radical (unpaired) electrons. The first-order valence-electron chi connectivity index (χ1n) is 24.7. The molecule has 4 aromatic rings. The molecule has 4 aliphatic rings. The van der Waals surface area contributed by atoms with E-state index in [0.29, 0.717) is 16.1 Å². The topological polar surface area (TPSA) is 159 Å². The molecule has 4 aromatic carbocycles. The molecule has 0 aromatic heterocycles. The molecule has 3 atom stereocenters. The second kappa shape index (κ2) is 20.8. The number of hydrogen-bond acceptors (Lipinski definition) is 9. The molecule has 1 unspecified atom stereocenters. The van der Waals surface area contributed by atoms with Crippen molar-refractivity contribution in [2.24, 2.45) is 16.7 Å². The van der Waals surface area contributed by atoms with E-state index in [-0.39, 0.29) is 67.4 Å². The van der Waals surface area contributed by atoms with E-state index >= 15 is 0 Å². The molecule has 0 spiro atoms. The maximum atomic E-state index is 14.3. The summed E-state index contributed by atoms with van der Waals surface area (Å²) in [5.41, 5.74) is 2.07. The van der Waals surface area contributed by atoms with Crippen LogP contribution in [-0.4, -0.2) is 113 Å². The fourth-order valence-corrected chi connectivity index (χ4v) is 11.7. The maximum absolute atomic E-state index is 14.3. The summed E-state index contributed by atoms with van der Waals surface area (Å²) in [5.74, 6) is -1.43. The third kappa shape index (κ3) is 10.8. The molecule has 3 fully saturated rings. The van der Waals surface area contributed by atoms with Crippen LogP contribution in [0.25, 0.3) is 0 Å². The van der Waals surface area contributed by atoms with Crippen molar-refractivity contribution in [3.63, 3.8) is 0 Å². The van der Waals surface area contributed by atoms with Gasteiger partial charge in [0.1, 0.15) is 23.9 Å². The number of hydrogen-bond donors (Lipinski definition) is 3. The summed E-state index contributed by atoms with van der Waals surface area (Å²) in [6.45, 7) is 16.1. The van der Waals surface area contributed by atoms with Crippen molar-refractivity contribution >= 4 is 40.9 Å². The van der Waals surface area contributed by atoms with Crippen molar-refractivity contribution in [2.45, 2.75) is 110 Å². The molecule has 4 amide bonds. The predicted molar refractivity (Wildman–Crippen MR) is 267 cm³/mol. The Morgan fingerprint density at radius 3 is 2.22 bits per heavy atom. The molecule has 1 aliphatic carbocycles. The van der Waals surface area contributed by atoms with E-state index in [1.165, 1.54) is 11.0 Å². The third-order valence-corrected chi connectivity index (χ3v) is 15.3. The zero-order valence-electron chi connectivity index (χ0n) is 41.6. The Labute approximate surface area is 424 Å². The molecule has 17 heteroatoms. The number of aliphatic hydroxyl groups excluding tert-OH is 1. The van der Waals surface area contributed by atoms with Crippen LogP contribution in [0, 0.1) is 28.1 Å². The van der Waals surface area contributed by atoms with Crippen molar-refractivity contribution in [3.05, 3.63) is 129 Å². The Hall–Kier alpha value is -6.15. The molecule has 8 rings (SSSR count). The Morgan fingerprint density at radius 1 is 0.917 bits per heavy atom. The Bertz CT molecular complexity index is 2700. The molecule has 3 aliphatic heterocycles. The van der Waals surface area contributed by atoms with Crippen LogP contribution in [0.2, 0.25) is 5.02 Å². The zero-order chi connectivity index (χ0) is 51.9. The first-order valence-corrected chi connectivity index (χ1v) is 25.0. The van der Waals surface area contributed by atoms with Crippen LogP contribution in [-0.2, 0) is 35.3 Å². The number of halogens is 4. The number of nitriles is 1. The van der Waals surface area contributed by atoms with E-state index in [4.69, 9.17) is 16.3 Å². The molecule has 2 saturated heterocycles. The van der Waals surface area contributed by atoms with E-state index in [0.717, 1.165) is 80.1 Å². The quantitative estimate of drug-likeness (QED) is 0.108. The van der Waals surface area contributed by atoms with Gasteiger partial charge in [-0.1, -0.05) is 83.5 Å². The summed E-state index contributed by atoms with van der Waals surface area (Å²) < 4.78 is 47.0. The van der Waals surface area contributed by atoms with E-state index in [9.17, 15) is 42.7 Å². The molecule has 1 saturated carbocycles. The number of anilines is 1. The minimum absolute atomic E-state index is 0.00840. The lowest BCUT2D eigenvalue weighted by atomic mass is 9.49. The number of ether oxygens (including phenoxy) is 1. The SMILES string of the molecule is CC(C)C(C(=O)N1C[C@H](O)C[C@H]1C(=O)NCc1ccc(Cl)cc1)N1Cc2ccc(N3CCN(CCCc4ccc(C(=O)N[C@H]5C(C)(C)[C@H](Oc6ccc(C#N)c(C(F)(F)F)c6)C5(C)C)cc4)CC3)cc2C1=O. The Kier molecular flexibility index (Phi) is 15.0. The molecule has 3 N–H and O–H groups in total. The summed E-state index contributed by atoms with van der Waals surface area (Å²) in [4.78, 5) is 63.1. The number of fused-ring (bicyclic) bond motifs is 1. The highest BCUT2D eigenvalue weighted by molar-refractivity contribution is 6.30. The Morgan fingerprint density at radius 2 is 1.58 bits per heavy atom. The van der Waals surface area contributed by atoms with Gasteiger partial charge in [0.25, 0.3) is 11.8 Å². The minimum Gasteiger partial charge on any atom is -0.489 e. The number of aliphatic hydroxyl groups is 1. The maximum Gasteiger partial charge on any atom is 0.417 e. The second-order valence-corrected chi connectivity index (χ2v) is 21.6. The summed E-state index contributed by atoms with van der Waals surface area (Å²) in [7, 11) is 0. The average molecular weight is 1010 g/mol. The fourth-order valence-electron chi connectivity index (χ4n) is 11.5. The number of nitrogens with one attached hydrogen (secondary N) is 2. The number of amides is 4. The van der Waals surface area contributed by atoms with Gasteiger partial charge >= 0.3 is 6.18 Å². The van der Waals surface area contributed by atoms with Gasteiger partial charge in [-0.15, -0.1) is 0 Å². The highest BCUT2D eigenvalue weighted by Gasteiger charge is 2.64. The summed E-state index contributed by atoms with van der Waals surface area (Å²) >= 11 is 6.01. The van der Waals surface area contributed by atoms with Gasteiger partial charge in [0.15, 0.2) is 0 Å². The Balaban J connectivity index is 0.795. The average Bonchev–Trinajstić information content (AvgIpc) is 3.90. The summed E-state index contributed by atoms with van der Waals surface area (Å²) in [6.07, 6.45) is -4.22. The van der Waals surface area contributed by atoms with Crippen molar-refractivity contribution < 1.29 is 42.2 Å². The number of benzene rings is 4. The molecule has 13 nitrogen and oxygen atoms in total. The van der Waals surface area contributed by atoms with Crippen LogP contribution in [0.15, 0.2) is 84.9 Å². The largest absolute Gasteiger partial charge is 0.489 e. The molecular weight excluding hydrogens is 947 g/mol. The van der Waals surface area contributed by atoms with E-state index in [2.05, 4.69) is 20.4 Å². The number of aryl methyl sites for hydroxylation is 1. The third-order valence-electron chi connectivity index (χ3n) is 15.1. The summed E-state index contributed by atoms with van der Waals surface area (Å²) in [6, 6.07) is 23.5. The number of carbonyl (C=O) groups is 4. The first kappa shape index (κ1) is 52.2. The number of alkyl halides is 3. The van der Waals surface area contributed by atoms with Gasteiger partial charge in [-0.25, -0.2) is 0 Å². The number of β-amino-alcohol motifs (C(OH)–C–C–N with tert-alkyl or cyclic N) is 1. The predicted octanol–water partition coefficient (Wildman–Crippen LogP) is 7.86. The molecular formula is C55H63ClF3N7O6. The molecule has 382 valence electrons. The van der Waals surface area contributed by atoms with Crippen molar-refractivity contribution in [2.75, 3.05) is 44.2 Å². The minimum atomic E-state index is -4.70. The standard InChI is InChI=1S/C55H63ClF3N7O6/c1-33(2)46(50(71)65-32-41(67)27-45(65)48(69)61-30-35-11-17-39(56)18-12-35)66-31-38-15-19-40(26-43(38)49(66)70)64-24-22-63(23-25-64)21-7-8-34-9-13-36(14-10-34)47(68)62-51-53(3,4)52(54(51,5)6)72-42-20-16-37(29-60)44(28-42)55(57,58)59/h9-20,26,28,33,41,45-46,51-52,67H,7-8,21-25,27,30-32H2,1-6H3,(H,61,69)(H,62,68)/t41-,45+,46?,51-,52-/m1/s1. The van der Waals surface area contributed by atoms with Gasteiger partial charge in [-0.2, -0.15) is 18.4 Å². The zero-order valence-corrected chi connectivity index (χ0v) is 42.3. The van der Waals surface area contributed by atoms with Crippen molar-refractivity contribution in [1.82, 2.24) is 25.3 Å². The number of piperazine rings is 1. The van der Waals surface area contributed by atoms with Crippen LogP contribution >= 0.6 is 11.6 Å². The highest BCUT2D eigenvalue weighted by atomic mass is 35.5. The van der Waals surface area contributed by atoms with Gasteiger partial charge in [0.05, 0.1) is 23.3 Å². The van der Waals surface area contributed by atoms with Crippen molar-refractivity contribution in [3.8, 4) is 11.8 Å². The lowest BCUT2D eigenvalue weighted by Crippen LogP contribution is -2.74. The van der Waals surface area contributed by atoms with Crippen LogP contribution in [0.5, 0.6) is 5.75 Å². The van der Waals surface area contributed by atoms with E-state index in [1.807, 2.05) is 96.1 Å².